The second-order valence-electron chi connectivity index (χ2n) is 7.32. The standard InChI is InChI=1S/C21H25N5O.2H2/c1-13-14(2)22-20-18(13)21(25-19(24-20)16-8-5-4-6-9-16)26-11-7-10-17(12-26)23-15(3)27;;/h4-6,8-9,17H,7,10-12H2,1-3H3,(H,23,27)(H,22,24,25);2*1H. The van der Waals surface area contributed by atoms with Gasteiger partial charge >= 0.3 is 0 Å². The van der Waals surface area contributed by atoms with E-state index in [-0.39, 0.29) is 14.8 Å². The lowest BCUT2D eigenvalue weighted by atomic mass is 10.0. The summed E-state index contributed by atoms with van der Waals surface area (Å²) < 4.78 is 0. The smallest absolute Gasteiger partial charge is 0.217 e. The minimum absolute atomic E-state index is 0. The Morgan fingerprint density at radius 2 is 2.04 bits per heavy atom. The molecular formula is C21H29N5O. The molecule has 1 aliphatic rings. The Hall–Kier alpha value is -2.89. The molecule has 6 heteroatoms. The molecule has 1 fully saturated rings. The molecule has 0 bridgehead atoms. The maximum Gasteiger partial charge on any atom is 0.217 e. The molecular weight excluding hydrogens is 338 g/mol. The molecule has 3 heterocycles. The van der Waals surface area contributed by atoms with Crippen LogP contribution in [-0.2, 0) is 4.79 Å². The number of aryl methyl sites for hydroxylation is 2. The molecule has 1 unspecified atom stereocenters. The van der Waals surface area contributed by atoms with Gasteiger partial charge in [-0.15, -0.1) is 0 Å². The van der Waals surface area contributed by atoms with E-state index in [9.17, 15) is 4.79 Å². The van der Waals surface area contributed by atoms with Crippen LogP contribution in [0.3, 0.4) is 0 Å². The van der Waals surface area contributed by atoms with Crippen molar-refractivity contribution in [2.75, 3.05) is 18.0 Å². The van der Waals surface area contributed by atoms with Crippen molar-refractivity contribution in [3.05, 3.63) is 41.6 Å². The van der Waals surface area contributed by atoms with Gasteiger partial charge < -0.3 is 15.2 Å². The minimum atomic E-state index is 0. The van der Waals surface area contributed by atoms with Crippen molar-refractivity contribution in [1.82, 2.24) is 20.3 Å². The lowest BCUT2D eigenvalue weighted by Gasteiger charge is -2.34. The number of nitrogens with zero attached hydrogens (tertiary/aromatic N) is 3. The van der Waals surface area contributed by atoms with Crippen LogP contribution >= 0.6 is 0 Å². The second kappa shape index (κ2) is 7.02. The van der Waals surface area contributed by atoms with Gasteiger partial charge in [0.1, 0.15) is 11.5 Å². The zero-order valence-corrected chi connectivity index (χ0v) is 16.0. The molecule has 1 aliphatic heterocycles. The molecule has 27 heavy (non-hydrogen) atoms. The highest BCUT2D eigenvalue weighted by molar-refractivity contribution is 5.93. The maximum absolute atomic E-state index is 11.5. The van der Waals surface area contributed by atoms with Crippen LogP contribution in [-0.4, -0.2) is 40.0 Å². The number of hydrogen-bond donors (Lipinski definition) is 2. The SMILES string of the molecule is CC(=O)NC1CCCN(c2nc(-c3ccccc3)nc3[nH]c(C)c(C)c23)C1.[HH].[HH]. The molecule has 1 saturated heterocycles. The second-order valence-corrected chi connectivity index (χ2v) is 7.32. The highest BCUT2D eigenvalue weighted by Gasteiger charge is 2.25. The third kappa shape index (κ3) is 3.39. The molecule has 3 aromatic rings. The first-order valence-electron chi connectivity index (χ1n) is 9.47. The number of nitrogens with one attached hydrogen (secondary N) is 2. The molecule has 6 nitrogen and oxygen atoms in total. The number of amides is 1. The number of H-pyrrole nitrogens is 1. The number of aromatic amines is 1. The van der Waals surface area contributed by atoms with Crippen LogP contribution in [0.15, 0.2) is 30.3 Å². The summed E-state index contributed by atoms with van der Waals surface area (Å²) >= 11 is 0. The van der Waals surface area contributed by atoms with Gasteiger partial charge in [-0.3, -0.25) is 4.79 Å². The van der Waals surface area contributed by atoms with Gasteiger partial charge in [0.05, 0.1) is 5.39 Å². The number of benzene rings is 1. The van der Waals surface area contributed by atoms with Crippen molar-refractivity contribution in [2.24, 2.45) is 0 Å². The Bertz CT molecular complexity index is 990. The topological polar surface area (TPSA) is 73.9 Å². The number of anilines is 1. The van der Waals surface area contributed by atoms with Crippen LogP contribution in [0.5, 0.6) is 0 Å². The fraction of sp³-hybridized carbons (Fsp3) is 0.381. The Morgan fingerprint density at radius 1 is 1.26 bits per heavy atom. The molecule has 0 saturated carbocycles. The van der Waals surface area contributed by atoms with Crippen molar-refractivity contribution in [1.29, 1.82) is 0 Å². The Labute approximate surface area is 162 Å². The van der Waals surface area contributed by atoms with E-state index in [2.05, 4.69) is 29.0 Å². The molecule has 2 aromatic heterocycles. The van der Waals surface area contributed by atoms with E-state index in [4.69, 9.17) is 9.97 Å². The van der Waals surface area contributed by atoms with Crippen molar-refractivity contribution in [3.63, 3.8) is 0 Å². The molecule has 0 aliphatic carbocycles. The van der Waals surface area contributed by atoms with Crippen LogP contribution in [0.4, 0.5) is 5.82 Å². The Kier molecular flexibility index (Phi) is 4.56. The summed E-state index contributed by atoms with van der Waals surface area (Å²) in [5, 5.41) is 4.14. The lowest BCUT2D eigenvalue weighted by Crippen LogP contribution is -2.47. The maximum atomic E-state index is 11.5. The minimum Gasteiger partial charge on any atom is -0.354 e. The van der Waals surface area contributed by atoms with Gasteiger partial charge in [-0.25, -0.2) is 9.97 Å². The summed E-state index contributed by atoms with van der Waals surface area (Å²) in [5.74, 6) is 1.70. The van der Waals surface area contributed by atoms with Crippen LogP contribution in [0.25, 0.3) is 22.4 Å². The van der Waals surface area contributed by atoms with Crippen LogP contribution in [0.2, 0.25) is 0 Å². The van der Waals surface area contributed by atoms with E-state index in [0.717, 1.165) is 59.9 Å². The first-order valence-corrected chi connectivity index (χ1v) is 9.47. The summed E-state index contributed by atoms with van der Waals surface area (Å²) in [5.41, 5.74) is 4.17. The molecule has 1 atom stereocenters. The number of fused-ring (bicyclic) bond motifs is 1. The fourth-order valence-corrected chi connectivity index (χ4v) is 3.86. The number of piperidine rings is 1. The molecule has 2 N–H and O–H groups in total. The molecule has 1 aromatic carbocycles. The van der Waals surface area contributed by atoms with Gasteiger partial charge in [-0.1, -0.05) is 30.3 Å². The third-order valence-electron chi connectivity index (χ3n) is 5.29. The molecule has 0 radical (unpaired) electrons. The van der Waals surface area contributed by atoms with Crippen molar-refractivity contribution in [3.8, 4) is 11.4 Å². The highest BCUT2D eigenvalue weighted by atomic mass is 16.1. The normalized spacial score (nSPS) is 17.3. The number of rotatable bonds is 3. The molecule has 144 valence electrons. The molecule has 0 spiro atoms. The van der Waals surface area contributed by atoms with Crippen LogP contribution in [0.1, 0.15) is 33.9 Å². The van der Waals surface area contributed by atoms with E-state index in [1.54, 1.807) is 6.92 Å². The summed E-state index contributed by atoms with van der Waals surface area (Å²) in [6.07, 6.45) is 2.03. The van der Waals surface area contributed by atoms with E-state index in [1.165, 1.54) is 5.56 Å². The van der Waals surface area contributed by atoms with Gasteiger partial charge in [-0.2, -0.15) is 0 Å². The lowest BCUT2D eigenvalue weighted by molar-refractivity contribution is -0.119. The zero-order chi connectivity index (χ0) is 19.0. The third-order valence-corrected chi connectivity index (χ3v) is 5.29. The number of aromatic nitrogens is 3. The van der Waals surface area contributed by atoms with Crippen LogP contribution in [0, 0.1) is 13.8 Å². The average molecular weight is 367 g/mol. The van der Waals surface area contributed by atoms with Gasteiger partial charge in [0.2, 0.25) is 5.91 Å². The van der Waals surface area contributed by atoms with Gasteiger partial charge in [-0.05, 0) is 32.3 Å². The quantitative estimate of drug-likeness (QED) is 0.738. The van der Waals surface area contributed by atoms with Gasteiger partial charge in [0.25, 0.3) is 0 Å². The summed E-state index contributed by atoms with van der Waals surface area (Å²) in [6.45, 7) is 7.45. The average Bonchev–Trinajstić information content (AvgIpc) is 2.95. The predicted octanol–water partition coefficient (Wildman–Crippen LogP) is 3.84. The number of carbonyl (C=O) groups is 1. The Balaban J connectivity index is 0.00000150. The van der Waals surface area contributed by atoms with Gasteiger partial charge in [0.15, 0.2) is 5.82 Å². The monoisotopic (exact) mass is 367 g/mol. The zero-order valence-electron chi connectivity index (χ0n) is 16.0. The largest absolute Gasteiger partial charge is 0.354 e. The highest BCUT2D eigenvalue weighted by Crippen LogP contribution is 2.32. The summed E-state index contributed by atoms with van der Waals surface area (Å²) in [4.78, 5) is 27.0. The van der Waals surface area contributed by atoms with Crippen molar-refractivity contribution < 1.29 is 7.65 Å². The van der Waals surface area contributed by atoms with E-state index < -0.39 is 0 Å². The van der Waals surface area contributed by atoms with Gasteiger partial charge in [0, 0.05) is 40.2 Å². The number of carbonyl (C=O) groups excluding carboxylic acids is 1. The molecule has 1 amide bonds. The first-order chi connectivity index (χ1) is 13.0. The van der Waals surface area contributed by atoms with Crippen LogP contribution < -0.4 is 10.2 Å². The predicted molar refractivity (Wildman–Crippen MR) is 112 cm³/mol. The summed E-state index contributed by atoms with van der Waals surface area (Å²) in [6, 6.07) is 10.2. The Morgan fingerprint density at radius 3 is 2.78 bits per heavy atom. The fourth-order valence-electron chi connectivity index (χ4n) is 3.86. The number of hydrogen-bond acceptors (Lipinski definition) is 4. The van der Waals surface area contributed by atoms with Crippen molar-refractivity contribution >= 4 is 22.8 Å². The molecule has 4 rings (SSSR count). The van der Waals surface area contributed by atoms with E-state index >= 15 is 0 Å². The van der Waals surface area contributed by atoms with Crippen molar-refractivity contribution in [2.45, 2.75) is 39.7 Å². The summed E-state index contributed by atoms with van der Waals surface area (Å²) in [7, 11) is 0. The van der Waals surface area contributed by atoms with E-state index in [1.807, 2.05) is 30.3 Å². The van der Waals surface area contributed by atoms with E-state index in [0.29, 0.717) is 0 Å². The first kappa shape index (κ1) is 17.5.